The number of rotatable bonds is 7. The zero-order valence-electron chi connectivity index (χ0n) is 14.1. The van der Waals surface area contributed by atoms with Crippen LogP contribution in [-0.2, 0) is 15.3 Å². The van der Waals surface area contributed by atoms with Gasteiger partial charge in [-0.15, -0.1) is 5.10 Å². The van der Waals surface area contributed by atoms with Crippen LogP contribution in [0, 0.1) is 0 Å². The molecule has 2 aromatic rings. The van der Waals surface area contributed by atoms with Crippen LogP contribution in [0.3, 0.4) is 0 Å². The number of ether oxygens (including phenoxy) is 2. The second-order valence-electron chi connectivity index (χ2n) is 5.00. The molecular weight excluding hydrogens is 418 g/mol. The van der Waals surface area contributed by atoms with Crippen molar-refractivity contribution in [2.24, 2.45) is 15.9 Å². The van der Waals surface area contributed by atoms with Crippen LogP contribution in [0.25, 0.3) is 0 Å². The number of thioether (sulfide) groups is 1. The molecule has 0 aliphatic rings. The number of hydrogen-bond acceptors (Lipinski definition) is 6. The fourth-order valence-corrected chi connectivity index (χ4v) is 2.85. The smallest absolute Gasteiger partial charge is 0.343 e. The molecule has 0 radical (unpaired) electrons. The maximum atomic E-state index is 11.2. The lowest BCUT2D eigenvalue weighted by atomic mass is 10.2. The van der Waals surface area contributed by atoms with E-state index in [1.54, 1.807) is 18.2 Å². The predicted octanol–water partition coefficient (Wildman–Crippen LogP) is 3.58. The van der Waals surface area contributed by atoms with Crippen molar-refractivity contribution in [3.8, 4) is 5.75 Å². The van der Waals surface area contributed by atoms with Crippen LogP contribution in [0.5, 0.6) is 5.75 Å². The molecule has 8 heteroatoms. The molecule has 0 aromatic heterocycles. The Morgan fingerprint density at radius 2 is 2.04 bits per heavy atom. The Kier molecular flexibility index (Phi) is 8.17. The molecule has 0 unspecified atom stereocenters. The number of halogens is 1. The van der Waals surface area contributed by atoms with E-state index in [4.69, 9.17) is 10.5 Å². The topological polar surface area (TPSA) is 86.3 Å². The Bertz CT molecular complexity index is 798. The summed E-state index contributed by atoms with van der Waals surface area (Å²) in [5.74, 6) is 0.749. The summed E-state index contributed by atoms with van der Waals surface area (Å²) >= 11 is 4.79. The van der Waals surface area contributed by atoms with Gasteiger partial charge in [0.25, 0.3) is 0 Å². The zero-order valence-corrected chi connectivity index (χ0v) is 16.5. The molecule has 2 rings (SSSR count). The highest BCUT2D eigenvalue weighted by atomic mass is 79.9. The third kappa shape index (κ3) is 6.89. The molecule has 0 heterocycles. The van der Waals surface area contributed by atoms with E-state index in [9.17, 15) is 4.79 Å². The van der Waals surface area contributed by atoms with Gasteiger partial charge in [0.15, 0.2) is 11.8 Å². The highest BCUT2D eigenvalue weighted by molar-refractivity contribution is 9.10. The van der Waals surface area contributed by atoms with E-state index < -0.39 is 5.97 Å². The fourth-order valence-electron chi connectivity index (χ4n) is 1.86. The lowest BCUT2D eigenvalue weighted by molar-refractivity contribution is -0.142. The zero-order chi connectivity index (χ0) is 18.8. The molecular formula is C18H18BrN3O3S. The number of nitrogens with zero attached hydrogens (tertiary/aromatic N) is 2. The first-order valence-electron chi connectivity index (χ1n) is 7.61. The molecule has 0 atom stereocenters. The van der Waals surface area contributed by atoms with Gasteiger partial charge in [-0.05, 0) is 23.8 Å². The van der Waals surface area contributed by atoms with Crippen LogP contribution in [0.4, 0.5) is 0 Å². The first kappa shape index (κ1) is 20.0. The molecule has 0 aliphatic heterocycles. The number of nitrogens with two attached hydrogens (primary N) is 1. The lowest BCUT2D eigenvalue weighted by Gasteiger charge is -2.08. The number of esters is 1. The van der Waals surface area contributed by atoms with E-state index in [-0.39, 0.29) is 6.61 Å². The number of carbonyl (C=O) groups excluding carboxylic acids is 1. The molecule has 6 nitrogen and oxygen atoms in total. The van der Waals surface area contributed by atoms with E-state index in [1.807, 2.05) is 30.3 Å². The Morgan fingerprint density at radius 3 is 2.77 bits per heavy atom. The lowest BCUT2D eigenvalue weighted by Crippen LogP contribution is -2.13. The summed E-state index contributed by atoms with van der Waals surface area (Å²) in [5, 5.41) is 8.34. The third-order valence-electron chi connectivity index (χ3n) is 3.13. The van der Waals surface area contributed by atoms with Crippen LogP contribution in [-0.4, -0.2) is 31.1 Å². The van der Waals surface area contributed by atoms with Gasteiger partial charge in [0, 0.05) is 15.8 Å². The average molecular weight is 436 g/mol. The summed E-state index contributed by atoms with van der Waals surface area (Å²) in [6.07, 6.45) is 1.52. The van der Waals surface area contributed by atoms with Crippen LogP contribution < -0.4 is 10.5 Å². The van der Waals surface area contributed by atoms with Crippen molar-refractivity contribution in [3.63, 3.8) is 0 Å². The summed E-state index contributed by atoms with van der Waals surface area (Å²) in [4.78, 5) is 11.2. The summed E-state index contributed by atoms with van der Waals surface area (Å²) in [6, 6.07) is 15.3. The third-order valence-corrected chi connectivity index (χ3v) is 4.48. The van der Waals surface area contributed by atoms with Crippen LogP contribution in [0.2, 0.25) is 0 Å². The molecule has 0 bridgehead atoms. The van der Waals surface area contributed by atoms with E-state index in [2.05, 4.69) is 30.9 Å². The summed E-state index contributed by atoms with van der Waals surface area (Å²) in [6.45, 7) is -0.183. The molecule has 2 N–H and O–H groups in total. The number of hydrogen-bond donors (Lipinski definition) is 1. The van der Waals surface area contributed by atoms with Crippen molar-refractivity contribution >= 4 is 45.0 Å². The summed E-state index contributed by atoms with van der Waals surface area (Å²) in [5.41, 5.74) is 7.69. The largest absolute Gasteiger partial charge is 0.481 e. The fraction of sp³-hybridized carbons (Fsp3) is 0.167. The Morgan fingerprint density at radius 1 is 1.27 bits per heavy atom. The van der Waals surface area contributed by atoms with Crippen molar-refractivity contribution in [2.45, 2.75) is 5.75 Å². The highest BCUT2D eigenvalue weighted by Gasteiger charge is 2.06. The SMILES string of the molecule is COC(=O)COc1ccc(Br)cc1C=NN=C(N)SCc1ccccc1. The van der Waals surface area contributed by atoms with Crippen molar-refractivity contribution in [1.29, 1.82) is 0 Å². The monoisotopic (exact) mass is 435 g/mol. The van der Waals surface area contributed by atoms with Gasteiger partial charge in [0.05, 0.1) is 13.3 Å². The van der Waals surface area contributed by atoms with Crippen LogP contribution in [0.1, 0.15) is 11.1 Å². The molecule has 0 amide bonds. The van der Waals surface area contributed by atoms with Gasteiger partial charge in [0.2, 0.25) is 0 Å². The average Bonchev–Trinajstić information content (AvgIpc) is 2.66. The molecule has 0 fully saturated rings. The van der Waals surface area contributed by atoms with Gasteiger partial charge in [-0.1, -0.05) is 58.0 Å². The first-order valence-corrected chi connectivity index (χ1v) is 9.38. The molecule has 0 saturated carbocycles. The first-order chi connectivity index (χ1) is 12.6. The van der Waals surface area contributed by atoms with Gasteiger partial charge in [-0.3, -0.25) is 0 Å². The summed E-state index contributed by atoms with van der Waals surface area (Å²) < 4.78 is 10.8. The Hall–Kier alpha value is -2.32. The minimum absolute atomic E-state index is 0.183. The molecule has 136 valence electrons. The Balaban J connectivity index is 1.99. The number of amidine groups is 1. The predicted molar refractivity (Wildman–Crippen MR) is 109 cm³/mol. The molecule has 0 aliphatic carbocycles. The Labute approximate surface area is 164 Å². The number of methoxy groups -OCH3 is 1. The van der Waals surface area contributed by atoms with E-state index in [1.165, 1.54) is 25.1 Å². The van der Waals surface area contributed by atoms with E-state index >= 15 is 0 Å². The van der Waals surface area contributed by atoms with Crippen LogP contribution in [0.15, 0.2) is 63.2 Å². The van der Waals surface area contributed by atoms with Crippen molar-refractivity contribution in [2.75, 3.05) is 13.7 Å². The van der Waals surface area contributed by atoms with Gasteiger partial charge >= 0.3 is 5.97 Å². The van der Waals surface area contributed by atoms with Crippen molar-refractivity contribution < 1.29 is 14.3 Å². The van der Waals surface area contributed by atoms with E-state index in [0.717, 1.165) is 15.8 Å². The van der Waals surface area contributed by atoms with Crippen molar-refractivity contribution in [3.05, 3.63) is 64.1 Å². The maximum absolute atomic E-state index is 11.2. The number of benzene rings is 2. The molecule has 26 heavy (non-hydrogen) atoms. The minimum atomic E-state index is -0.463. The minimum Gasteiger partial charge on any atom is -0.481 e. The van der Waals surface area contributed by atoms with Crippen LogP contribution >= 0.6 is 27.7 Å². The quantitative estimate of drug-likeness (QED) is 0.310. The maximum Gasteiger partial charge on any atom is 0.343 e. The normalized spacial score (nSPS) is 11.5. The van der Waals surface area contributed by atoms with Gasteiger partial charge in [0.1, 0.15) is 5.75 Å². The second-order valence-corrected chi connectivity index (χ2v) is 6.92. The molecule has 2 aromatic carbocycles. The highest BCUT2D eigenvalue weighted by Crippen LogP contribution is 2.22. The summed E-state index contributed by atoms with van der Waals surface area (Å²) in [7, 11) is 1.31. The second kappa shape index (κ2) is 10.6. The van der Waals surface area contributed by atoms with Gasteiger partial charge in [-0.2, -0.15) is 5.10 Å². The van der Waals surface area contributed by atoms with Gasteiger partial charge < -0.3 is 15.2 Å². The molecule has 0 spiro atoms. The van der Waals surface area contributed by atoms with Crippen molar-refractivity contribution in [1.82, 2.24) is 0 Å². The number of carbonyl (C=O) groups is 1. The molecule has 0 saturated heterocycles. The standard InChI is InChI=1S/C18H18BrN3O3S/c1-24-17(23)11-25-16-8-7-15(19)9-14(16)10-21-22-18(20)26-12-13-5-3-2-4-6-13/h2-10H,11-12H2,1H3,(H2,20,22). The van der Waals surface area contributed by atoms with Gasteiger partial charge in [-0.25, -0.2) is 4.79 Å². The van der Waals surface area contributed by atoms with E-state index in [0.29, 0.717) is 16.5 Å².